The van der Waals surface area contributed by atoms with E-state index in [1.165, 1.54) is 0 Å². The van der Waals surface area contributed by atoms with Crippen LogP contribution in [0.3, 0.4) is 0 Å². The number of nitrogens with one attached hydrogen (secondary N) is 1. The minimum atomic E-state index is -0.704. The van der Waals surface area contributed by atoms with Gasteiger partial charge in [-0.1, -0.05) is 6.92 Å². The van der Waals surface area contributed by atoms with Gasteiger partial charge in [0.05, 0.1) is 0 Å². The molecule has 0 saturated heterocycles. The molecule has 0 amide bonds. The van der Waals surface area contributed by atoms with Crippen molar-refractivity contribution in [2.24, 2.45) is 0 Å². The summed E-state index contributed by atoms with van der Waals surface area (Å²) in [5.41, 5.74) is 0.595. The van der Waals surface area contributed by atoms with Gasteiger partial charge in [0.15, 0.2) is 11.4 Å². The first-order chi connectivity index (χ1) is 7.17. The van der Waals surface area contributed by atoms with Gasteiger partial charge in [-0.15, -0.1) is 0 Å². The van der Waals surface area contributed by atoms with Crippen molar-refractivity contribution < 1.29 is 13.2 Å². The van der Waals surface area contributed by atoms with Gasteiger partial charge in [-0.05, 0) is 6.42 Å². The van der Waals surface area contributed by atoms with Gasteiger partial charge >= 0.3 is 0 Å². The van der Waals surface area contributed by atoms with Crippen molar-refractivity contribution >= 4 is 17.1 Å². The van der Waals surface area contributed by atoms with Crippen molar-refractivity contribution in [3.63, 3.8) is 0 Å². The third-order valence-electron chi connectivity index (χ3n) is 2.24. The van der Waals surface area contributed by atoms with E-state index in [2.05, 4.69) is 10.3 Å². The summed E-state index contributed by atoms with van der Waals surface area (Å²) < 4.78 is 31.9. The zero-order valence-electron chi connectivity index (χ0n) is 8.40. The molecule has 1 aromatic carbocycles. The third-order valence-corrected chi connectivity index (χ3v) is 2.24. The van der Waals surface area contributed by atoms with Crippen LogP contribution in [-0.2, 0) is 6.42 Å². The van der Waals surface area contributed by atoms with E-state index >= 15 is 0 Å². The van der Waals surface area contributed by atoms with Crippen LogP contribution < -0.4 is 5.32 Å². The Hall–Kier alpha value is -1.65. The minimum Gasteiger partial charge on any atom is -0.423 e. The van der Waals surface area contributed by atoms with E-state index < -0.39 is 11.6 Å². The highest BCUT2D eigenvalue weighted by Crippen LogP contribution is 2.27. The molecule has 1 aromatic heterocycles. The molecule has 1 N–H and O–H groups in total. The molecular formula is C10H10F2N2O. The molecule has 0 aliphatic carbocycles. The zero-order chi connectivity index (χ0) is 11.0. The monoisotopic (exact) mass is 212 g/mol. The minimum absolute atomic E-state index is 0.0672. The number of rotatable bonds is 2. The van der Waals surface area contributed by atoms with Crippen molar-refractivity contribution in [1.29, 1.82) is 0 Å². The average Bonchev–Trinajstić information content (AvgIpc) is 2.62. The molecule has 5 heteroatoms. The maximum atomic E-state index is 13.3. The van der Waals surface area contributed by atoms with E-state index in [4.69, 9.17) is 4.42 Å². The first kappa shape index (κ1) is 9.89. The predicted octanol–water partition coefficient (Wildman–Crippen LogP) is 2.71. The fraction of sp³-hybridized carbons (Fsp3) is 0.300. The maximum absolute atomic E-state index is 13.3. The van der Waals surface area contributed by atoms with Gasteiger partial charge in [-0.25, -0.2) is 8.78 Å². The number of aromatic nitrogens is 1. The van der Waals surface area contributed by atoms with Gasteiger partial charge < -0.3 is 9.73 Å². The largest absolute Gasteiger partial charge is 0.423 e. The number of anilines is 1. The first-order valence-corrected chi connectivity index (χ1v) is 4.62. The second-order valence-electron chi connectivity index (χ2n) is 3.12. The topological polar surface area (TPSA) is 38.1 Å². The summed E-state index contributed by atoms with van der Waals surface area (Å²) in [5.74, 6) is -1.30. The summed E-state index contributed by atoms with van der Waals surface area (Å²) >= 11 is 0. The van der Waals surface area contributed by atoms with Crippen LogP contribution in [0.5, 0.6) is 0 Å². The smallest absolute Gasteiger partial charge is 0.295 e. The van der Waals surface area contributed by atoms with E-state index in [0.29, 0.717) is 12.0 Å². The molecule has 0 aliphatic rings. The highest BCUT2D eigenvalue weighted by atomic mass is 19.1. The molecule has 0 atom stereocenters. The van der Waals surface area contributed by atoms with Crippen LogP contribution in [-0.4, -0.2) is 12.0 Å². The maximum Gasteiger partial charge on any atom is 0.295 e. The van der Waals surface area contributed by atoms with Crippen molar-refractivity contribution in [3.05, 3.63) is 23.3 Å². The SMILES string of the molecule is CCc1c(F)cc(F)c2nc(NC)oc12. The molecule has 0 unspecified atom stereocenters. The number of oxazole rings is 1. The average molecular weight is 212 g/mol. The Bertz CT molecular complexity index is 508. The highest BCUT2D eigenvalue weighted by molar-refractivity contribution is 5.79. The molecule has 0 radical (unpaired) electrons. The number of hydrogen-bond acceptors (Lipinski definition) is 3. The van der Waals surface area contributed by atoms with Crippen molar-refractivity contribution in [3.8, 4) is 0 Å². The summed E-state index contributed by atoms with van der Waals surface area (Å²) in [6.45, 7) is 1.78. The van der Waals surface area contributed by atoms with Crippen molar-refractivity contribution in [1.82, 2.24) is 4.98 Å². The second kappa shape index (κ2) is 3.49. The number of halogens is 2. The molecule has 1 heterocycles. The Labute approximate surface area is 85.1 Å². The lowest BCUT2D eigenvalue weighted by Gasteiger charge is -1.99. The number of fused-ring (bicyclic) bond motifs is 1. The standard InChI is InChI=1S/C10H10F2N2O/c1-3-5-6(11)4-7(12)8-9(5)15-10(13-2)14-8/h4H,3H2,1-2H3,(H,13,14). The number of benzene rings is 1. The quantitative estimate of drug-likeness (QED) is 0.831. The van der Waals surface area contributed by atoms with Crippen LogP contribution in [0.15, 0.2) is 10.5 Å². The van der Waals surface area contributed by atoms with Gasteiger partial charge in [-0.3, -0.25) is 0 Å². The van der Waals surface area contributed by atoms with Gasteiger partial charge in [0.2, 0.25) is 0 Å². The van der Waals surface area contributed by atoms with E-state index in [1.54, 1.807) is 14.0 Å². The summed E-state index contributed by atoms with van der Waals surface area (Å²) in [6, 6.07) is 1.02. The molecule has 15 heavy (non-hydrogen) atoms. The molecule has 0 fully saturated rings. The van der Waals surface area contributed by atoms with Crippen LogP contribution in [0.2, 0.25) is 0 Å². The van der Waals surface area contributed by atoms with E-state index in [-0.39, 0.29) is 17.1 Å². The van der Waals surface area contributed by atoms with E-state index in [1.807, 2.05) is 0 Å². The fourth-order valence-corrected chi connectivity index (χ4v) is 1.50. The Morgan fingerprint density at radius 3 is 2.73 bits per heavy atom. The van der Waals surface area contributed by atoms with Crippen LogP contribution in [0.4, 0.5) is 14.8 Å². The Morgan fingerprint density at radius 1 is 1.40 bits per heavy atom. The molecule has 80 valence electrons. The Morgan fingerprint density at radius 2 is 2.13 bits per heavy atom. The molecule has 0 saturated carbocycles. The Balaban J connectivity index is 2.81. The molecular weight excluding hydrogens is 202 g/mol. The summed E-state index contributed by atoms with van der Waals surface area (Å²) in [5, 5.41) is 2.65. The lowest BCUT2D eigenvalue weighted by molar-refractivity contribution is 0.568. The zero-order valence-corrected chi connectivity index (χ0v) is 8.40. The summed E-state index contributed by atoms with van der Waals surface area (Å²) in [6.07, 6.45) is 0.432. The molecule has 0 spiro atoms. The third kappa shape index (κ3) is 1.44. The lowest BCUT2D eigenvalue weighted by atomic mass is 10.1. The fourth-order valence-electron chi connectivity index (χ4n) is 1.50. The van der Waals surface area contributed by atoms with Gasteiger partial charge in [0.1, 0.15) is 11.3 Å². The van der Waals surface area contributed by atoms with E-state index in [9.17, 15) is 8.78 Å². The lowest BCUT2D eigenvalue weighted by Crippen LogP contribution is -1.91. The molecule has 3 nitrogen and oxygen atoms in total. The van der Waals surface area contributed by atoms with Gasteiger partial charge in [0.25, 0.3) is 6.01 Å². The molecule has 2 aromatic rings. The summed E-state index contributed by atoms with van der Waals surface area (Å²) in [7, 11) is 1.60. The molecule has 2 rings (SSSR count). The number of hydrogen-bond donors (Lipinski definition) is 1. The number of aryl methyl sites for hydroxylation is 1. The Kier molecular flexibility index (Phi) is 2.30. The molecule has 0 aliphatic heterocycles. The second-order valence-corrected chi connectivity index (χ2v) is 3.12. The van der Waals surface area contributed by atoms with Crippen LogP contribution in [0.25, 0.3) is 11.1 Å². The van der Waals surface area contributed by atoms with Crippen LogP contribution in [0.1, 0.15) is 12.5 Å². The first-order valence-electron chi connectivity index (χ1n) is 4.62. The predicted molar refractivity (Wildman–Crippen MR) is 52.8 cm³/mol. The van der Waals surface area contributed by atoms with Gasteiger partial charge in [-0.2, -0.15) is 4.98 Å². The molecule has 0 bridgehead atoms. The number of nitrogens with zero attached hydrogens (tertiary/aromatic N) is 1. The van der Waals surface area contributed by atoms with Crippen molar-refractivity contribution in [2.45, 2.75) is 13.3 Å². The van der Waals surface area contributed by atoms with Crippen LogP contribution in [0, 0.1) is 11.6 Å². The van der Waals surface area contributed by atoms with Crippen molar-refractivity contribution in [2.75, 3.05) is 12.4 Å². The highest BCUT2D eigenvalue weighted by Gasteiger charge is 2.17. The normalized spacial score (nSPS) is 10.9. The summed E-state index contributed by atoms with van der Waals surface area (Å²) in [4.78, 5) is 3.86. The van der Waals surface area contributed by atoms with Gasteiger partial charge in [0, 0.05) is 18.7 Å². The van der Waals surface area contributed by atoms with Crippen LogP contribution >= 0.6 is 0 Å². The van der Waals surface area contributed by atoms with E-state index in [0.717, 1.165) is 6.07 Å².